The van der Waals surface area contributed by atoms with Crippen LogP contribution in [-0.4, -0.2) is 28.3 Å². The van der Waals surface area contributed by atoms with E-state index >= 15 is 0 Å². The maximum absolute atomic E-state index is 12.3. The number of aromatic nitrogens is 1. The number of carbonyl (C=O) groups excluding carboxylic acids is 1. The lowest BCUT2D eigenvalue weighted by atomic mass is 10.0. The van der Waals surface area contributed by atoms with Gasteiger partial charge in [-0.3, -0.25) is 4.79 Å². The lowest BCUT2D eigenvalue weighted by Gasteiger charge is -2.09. The molecule has 1 aromatic carbocycles. The van der Waals surface area contributed by atoms with Gasteiger partial charge in [-0.05, 0) is 25.5 Å². The third-order valence-corrected chi connectivity index (χ3v) is 4.16. The second-order valence-corrected chi connectivity index (χ2v) is 5.43. The summed E-state index contributed by atoms with van der Waals surface area (Å²) in [5, 5.41) is 15.2. The smallest absolute Gasteiger partial charge is 0.258 e. The van der Waals surface area contributed by atoms with E-state index < -0.39 is 0 Å². The fraction of sp³-hybridized carbons (Fsp3) is 0.308. The van der Waals surface area contributed by atoms with Crippen LogP contribution in [0.2, 0.25) is 0 Å². The Kier molecular flexibility index (Phi) is 3.04. The van der Waals surface area contributed by atoms with Crippen LogP contribution < -0.4 is 5.01 Å². The summed E-state index contributed by atoms with van der Waals surface area (Å²) in [5.41, 5.74) is 1.60. The summed E-state index contributed by atoms with van der Waals surface area (Å²) in [5.74, 6) is -0.428. The van der Waals surface area contributed by atoms with E-state index in [0.29, 0.717) is 11.6 Å². The van der Waals surface area contributed by atoms with Crippen molar-refractivity contribution >= 4 is 38.3 Å². The lowest BCUT2D eigenvalue weighted by Crippen LogP contribution is -2.27. The van der Waals surface area contributed by atoms with Crippen LogP contribution >= 0.6 is 11.3 Å². The monoisotopic (exact) mass is 275 g/mol. The van der Waals surface area contributed by atoms with Crippen LogP contribution in [-0.2, 0) is 4.79 Å². The molecule has 5 nitrogen and oxygen atoms in total. The first-order valence-electron chi connectivity index (χ1n) is 6.06. The molecule has 2 aromatic rings. The van der Waals surface area contributed by atoms with Gasteiger partial charge in [0.1, 0.15) is 0 Å². The Morgan fingerprint density at radius 2 is 2.21 bits per heavy atom. The van der Waals surface area contributed by atoms with Crippen molar-refractivity contribution in [3.05, 3.63) is 24.3 Å². The number of nitrogens with zero attached hydrogens (tertiary/aromatic N) is 3. The number of hydrazone groups is 1. The summed E-state index contributed by atoms with van der Waals surface area (Å²) in [4.78, 5) is 16.7. The fourth-order valence-corrected chi connectivity index (χ4v) is 3.07. The van der Waals surface area contributed by atoms with E-state index in [0.717, 1.165) is 15.9 Å². The number of para-hydroxylation sites is 1. The van der Waals surface area contributed by atoms with Gasteiger partial charge in [-0.2, -0.15) is 10.1 Å². The Morgan fingerprint density at radius 1 is 1.42 bits per heavy atom. The second-order valence-electron chi connectivity index (χ2n) is 4.42. The fourth-order valence-electron chi connectivity index (χ4n) is 2.15. The molecule has 1 amide bonds. The van der Waals surface area contributed by atoms with Gasteiger partial charge in [0.05, 0.1) is 16.1 Å². The van der Waals surface area contributed by atoms with Crippen LogP contribution in [0.3, 0.4) is 0 Å². The van der Waals surface area contributed by atoms with E-state index in [4.69, 9.17) is 5.11 Å². The SMILES string of the molecule is CC1=NN(c2nc3ccccc3s2)C(=O)C1CCO. The first-order valence-corrected chi connectivity index (χ1v) is 6.88. The number of anilines is 1. The largest absolute Gasteiger partial charge is 0.396 e. The number of fused-ring (bicyclic) bond motifs is 1. The van der Waals surface area contributed by atoms with E-state index in [9.17, 15) is 4.79 Å². The minimum Gasteiger partial charge on any atom is -0.396 e. The molecule has 98 valence electrons. The van der Waals surface area contributed by atoms with Crippen molar-refractivity contribution in [2.75, 3.05) is 11.6 Å². The summed E-state index contributed by atoms with van der Waals surface area (Å²) in [7, 11) is 0. The Bertz CT molecular complexity index is 632. The zero-order valence-electron chi connectivity index (χ0n) is 10.4. The number of carbonyl (C=O) groups is 1. The van der Waals surface area contributed by atoms with Crippen LogP contribution in [0.5, 0.6) is 0 Å². The number of benzene rings is 1. The Hall–Kier alpha value is -1.79. The van der Waals surface area contributed by atoms with Crippen molar-refractivity contribution in [1.29, 1.82) is 0 Å². The molecule has 0 fully saturated rings. The number of thiazole rings is 1. The molecule has 1 aliphatic heterocycles. The first-order chi connectivity index (χ1) is 9.20. The Morgan fingerprint density at radius 3 is 2.95 bits per heavy atom. The van der Waals surface area contributed by atoms with Crippen molar-refractivity contribution in [3.63, 3.8) is 0 Å². The third kappa shape index (κ3) is 2.02. The second kappa shape index (κ2) is 4.71. The Balaban J connectivity index is 1.96. The van der Waals surface area contributed by atoms with Gasteiger partial charge in [-0.15, -0.1) is 0 Å². The normalized spacial score (nSPS) is 19.3. The lowest BCUT2D eigenvalue weighted by molar-refractivity contribution is -0.120. The van der Waals surface area contributed by atoms with Crippen molar-refractivity contribution < 1.29 is 9.90 Å². The van der Waals surface area contributed by atoms with Crippen molar-refractivity contribution in [1.82, 2.24) is 4.98 Å². The highest BCUT2D eigenvalue weighted by atomic mass is 32.1. The molecule has 1 aromatic heterocycles. The average Bonchev–Trinajstić information content (AvgIpc) is 2.94. The highest BCUT2D eigenvalue weighted by molar-refractivity contribution is 7.22. The molecule has 0 saturated heterocycles. The highest BCUT2D eigenvalue weighted by Crippen LogP contribution is 2.32. The molecule has 3 rings (SSSR count). The Labute approximate surface area is 114 Å². The summed E-state index contributed by atoms with van der Waals surface area (Å²) < 4.78 is 1.03. The first kappa shape index (κ1) is 12.3. The average molecular weight is 275 g/mol. The topological polar surface area (TPSA) is 65.8 Å². The van der Waals surface area contributed by atoms with E-state index in [1.807, 2.05) is 31.2 Å². The molecule has 6 heteroatoms. The molecule has 1 N–H and O–H groups in total. The molecular formula is C13H13N3O2S. The van der Waals surface area contributed by atoms with Gasteiger partial charge in [0.25, 0.3) is 5.91 Å². The maximum Gasteiger partial charge on any atom is 0.258 e. The van der Waals surface area contributed by atoms with Crippen LogP contribution in [0.25, 0.3) is 10.2 Å². The molecule has 2 heterocycles. The third-order valence-electron chi connectivity index (χ3n) is 3.15. The number of amides is 1. The number of hydrogen-bond acceptors (Lipinski definition) is 5. The number of hydrogen-bond donors (Lipinski definition) is 1. The summed E-state index contributed by atoms with van der Waals surface area (Å²) in [6.07, 6.45) is 0.412. The number of aliphatic hydroxyl groups excluding tert-OH is 1. The van der Waals surface area contributed by atoms with Crippen LogP contribution in [0, 0.1) is 5.92 Å². The van der Waals surface area contributed by atoms with Gasteiger partial charge in [-0.1, -0.05) is 23.5 Å². The summed E-state index contributed by atoms with van der Waals surface area (Å²) in [6.45, 7) is 1.79. The van der Waals surface area contributed by atoms with Gasteiger partial charge in [-0.25, -0.2) is 4.98 Å². The number of rotatable bonds is 3. The summed E-state index contributed by atoms with van der Waals surface area (Å²) >= 11 is 1.44. The van der Waals surface area contributed by atoms with Gasteiger partial charge < -0.3 is 5.11 Å². The molecule has 0 radical (unpaired) electrons. The van der Waals surface area contributed by atoms with Gasteiger partial charge in [0.15, 0.2) is 0 Å². The molecule has 0 spiro atoms. The predicted molar refractivity (Wildman–Crippen MR) is 75.4 cm³/mol. The van der Waals surface area contributed by atoms with Crippen LogP contribution in [0.1, 0.15) is 13.3 Å². The standard InChI is InChI=1S/C13H13N3O2S/c1-8-9(6-7-17)12(18)16(15-8)13-14-10-4-2-3-5-11(10)19-13/h2-5,9,17H,6-7H2,1H3. The van der Waals surface area contributed by atoms with Gasteiger partial charge in [0, 0.05) is 12.3 Å². The van der Waals surface area contributed by atoms with Crippen LogP contribution in [0.4, 0.5) is 5.13 Å². The van der Waals surface area contributed by atoms with E-state index in [2.05, 4.69) is 10.1 Å². The van der Waals surface area contributed by atoms with Crippen molar-refractivity contribution in [2.45, 2.75) is 13.3 Å². The zero-order valence-corrected chi connectivity index (χ0v) is 11.2. The quantitative estimate of drug-likeness (QED) is 0.932. The molecule has 0 saturated carbocycles. The highest BCUT2D eigenvalue weighted by Gasteiger charge is 2.35. The molecule has 1 unspecified atom stereocenters. The van der Waals surface area contributed by atoms with Gasteiger partial charge in [0.2, 0.25) is 5.13 Å². The van der Waals surface area contributed by atoms with Crippen molar-refractivity contribution in [3.8, 4) is 0 Å². The summed E-state index contributed by atoms with van der Waals surface area (Å²) in [6, 6.07) is 7.75. The maximum atomic E-state index is 12.3. The zero-order chi connectivity index (χ0) is 13.4. The van der Waals surface area contributed by atoms with Crippen LogP contribution in [0.15, 0.2) is 29.4 Å². The molecular weight excluding hydrogens is 262 g/mol. The molecule has 1 aliphatic rings. The number of aliphatic hydroxyl groups is 1. The minimum absolute atomic E-state index is 0.0169. The molecule has 19 heavy (non-hydrogen) atoms. The minimum atomic E-state index is -0.322. The molecule has 1 atom stereocenters. The molecule has 0 aliphatic carbocycles. The van der Waals surface area contributed by atoms with E-state index in [-0.39, 0.29) is 18.4 Å². The van der Waals surface area contributed by atoms with Gasteiger partial charge >= 0.3 is 0 Å². The predicted octanol–water partition coefficient (Wildman–Crippen LogP) is 2.02. The van der Waals surface area contributed by atoms with E-state index in [1.165, 1.54) is 16.3 Å². The van der Waals surface area contributed by atoms with E-state index in [1.54, 1.807) is 0 Å². The van der Waals surface area contributed by atoms with Crippen molar-refractivity contribution in [2.24, 2.45) is 11.0 Å². The molecule has 0 bridgehead atoms.